The number of fused-ring (bicyclic) bond motifs is 1. The molecule has 0 aliphatic carbocycles. The van der Waals surface area contributed by atoms with Crippen LogP contribution < -0.4 is 0 Å². The van der Waals surface area contributed by atoms with Gasteiger partial charge in [0.15, 0.2) is 0 Å². The molecule has 1 fully saturated rings. The first kappa shape index (κ1) is 14.0. The number of aliphatic hydroxyl groups excluding tert-OH is 1. The molecule has 2 aliphatic rings. The Morgan fingerprint density at radius 1 is 1.40 bits per heavy atom. The molecule has 1 aromatic rings. The Morgan fingerprint density at radius 3 is 3.05 bits per heavy atom. The average molecular weight is 291 g/mol. The van der Waals surface area contributed by atoms with Gasteiger partial charge in [0.05, 0.1) is 5.25 Å². The summed E-state index contributed by atoms with van der Waals surface area (Å²) in [6, 6.07) is 8.67. The van der Waals surface area contributed by atoms with E-state index >= 15 is 0 Å². The van der Waals surface area contributed by atoms with Gasteiger partial charge in [0.1, 0.15) is 0 Å². The molecular formula is C16H21NO2S. The van der Waals surface area contributed by atoms with Crippen molar-refractivity contribution in [2.45, 2.75) is 48.3 Å². The van der Waals surface area contributed by atoms with Gasteiger partial charge in [-0.05, 0) is 43.7 Å². The van der Waals surface area contributed by atoms with E-state index in [1.54, 1.807) is 11.8 Å². The van der Waals surface area contributed by atoms with E-state index in [-0.39, 0.29) is 11.9 Å². The number of aliphatic hydroxyl groups is 1. The van der Waals surface area contributed by atoms with E-state index in [4.69, 9.17) is 5.11 Å². The maximum atomic E-state index is 12.7. The number of hydrogen-bond donors (Lipinski definition) is 1. The molecule has 3 rings (SSSR count). The van der Waals surface area contributed by atoms with Crippen molar-refractivity contribution >= 4 is 17.7 Å². The number of rotatable bonds is 4. The van der Waals surface area contributed by atoms with Crippen LogP contribution in [0.5, 0.6) is 0 Å². The fourth-order valence-electron chi connectivity index (χ4n) is 3.26. The Hall–Kier alpha value is -1.00. The van der Waals surface area contributed by atoms with Gasteiger partial charge in [0, 0.05) is 24.1 Å². The zero-order valence-corrected chi connectivity index (χ0v) is 12.4. The fourth-order valence-corrected chi connectivity index (χ4v) is 4.52. The summed E-state index contributed by atoms with van der Waals surface area (Å²) in [6.45, 7) is 1.12. The molecule has 1 amide bonds. The summed E-state index contributed by atoms with van der Waals surface area (Å²) in [5, 5.41) is 9.03. The van der Waals surface area contributed by atoms with Gasteiger partial charge in [0.25, 0.3) is 0 Å². The maximum Gasteiger partial charge on any atom is 0.236 e. The van der Waals surface area contributed by atoms with Gasteiger partial charge in [-0.2, -0.15) is 0 Å². The largest absolute Gasteiger partial charge is 0.396 e. The van der Waals surface area contributed by atoms with Crippen molar-refractivity contribution in [3.63, 3.8) is 0 Å². The minimum absolute atomic E-state index is 0.0575. The van der Waals surface area contributed by atoms with Gasteiger partial charge in [-0.3, -0.25) is 4.79 Å². The molecular weight excluding hydrogens is 270 g/mol. The van der Waals surface area contributed by atoms with Gasteiger partial charge in [-0.25, -0.2) is 0 Å². The van der Waals surface area contributed by atoms with Crippen LogP contribution in [-0.2, 0) is 11.2 Å². The van der Waals surface area contributed by atoms with E-state index < -0.39 is 0 Å². The highest BCUT2D eigenvalue weighted by molar-refractivity contribution is 8.01. The number of nitrogens with zero attached hydrogens (tertiary/aromatic N) is 1. The lowest BCUT2D eigenvalue weighted by molar-refractivity contribution is -0.131. The highest BCUT2D eigenvalue weighted by Crippen LogP contribution is 2.38. The fraction of sp³-hybridized carbons (Fsp3) is 0.562. The maximum absolute atomic E-state index is 12.7. The number of hydrogen-bond acceptors (Lipinski definition) is 3. The molecule has 1 aromatic carbocycles. The monoisotopic (exact) mass is 291 g/mol. The number of benzene rings is 1. The minimum atomic E-state index is 0.0575. The second-order valence-corrected chi connectivity index (χ2v) is 6.86. The van der Waals surface area contributed by atoms with E-state index in [1.165, 1.54) is 10.5 Å². The molecule has 2 heterocycles. The zero-order chi connectivity index (χ0) is 13.9. The molecule has 0 bridgehead atoms. The van der Waals surface area contributed by atoms with E-state index in [9.17, 15) is 4.79 Å². The summed E-state index contributed by atoms with van der Waals surface area (Å²) in [4.78, 5) is 16.1. The third kappa shape index (κ3) is 2.72. The molecule has 0 spiro atoms. The molecule has 2 aliphatic heterocycles. The number of carbonyl (C=O) groups is 1. The van der Waals surface area contributed by atoms with Crippen LogP contribution in [0.1, 0.15) is 31.2 Å². The number of carbonyl (C=O) groups excluding carboxylic acids is 1. The SMILES string of the molecule is O=C(C1Cc2ccccc2S1)N1CCCC1CCCO. The Morgan fingerprint density at radius 2 is 2.25 bits per heavy atom. The molecule has 1 N–H and O–H groups in total. The van der Waals surface area contributed by atoms with Crippen molar-refractivity contribution in [2.75, 3.05) is 13.2 Å². The van der Waals surface area contributed by atoms with Crippen LogP contribution in [0, 0.1) is 0 Å². The van der Waals surface area contributed by atoms with Crippen LogP contribution in [0.25, 0.3) is 0 Å². The van der Waals surface area contributed by atoms with Crippen LogP contribution in [0.2, 0.25) is 0 Å². The van der Waals surface area contributed by atoms with Crippen LogP contribution in [0.3, 0.4) is 0 Å². The van der Waals surface area contributed by atoms with Gasteiger partial charge in [0.2, 0.25) is 5.91 Å². The van der Waals surface area contributed by atoms with Gasteiger partial charge < -0.3 is 10.0 Å². The lowest BCUT2D eigenvalue weighted by Crippen LogP contribution is -2.41. The highest BCUT2D eigenvalue weighted by Gasteiger charge is 2.36. The summed E-state index contributed by atoms with van der Waals surface area (Å²) in [6.07, 6.45) is 4.80. The topological polar surface area (TPSA) is 40.5 Å². The molecule has 2 atom stereocenters. The van der Waals surface area contributed by atoms with E-state index in [0.29, 0.717) is 11.9 Å². The van der Waals surface area contributed by atoms with Crippen LogP contribution in [-0.4, -0.2) is 40.4 Å². The quantitative estimate of drug-likeness (QED) is 0.926. The molecule has 3 nitrogen and oxygen atoms in total. The van der Waals surface area contributed by atoms with Gasteiger partial charge in [-0.15, -0.1) is 11.8 Å². The second-order valence-electron chi connectivity index (χ2n) is 5.61. The van der Waals surface area contributed by atoms with Crippen molar-refractivity contribution in [1.29, 1.82) is 0 Å². The standard InChI is InChI=1S/C16H21NO2S/c18-10-4-7-13-6-3-9-17(13)16(19)15-11-12-5-1-2-8-14(12)20-15/h1-2,5,8,13,15,18H,3-4,6-7,9-11H2. The Balaban J connectivity index is 1.65. The molecule has 4 heteroatoms. The van der Waals surface area contributed by atoms with E-state index in [2.05, 4.69) is 17.0 Å². The molecule has 0 aromatic heterocycles. The smallest absolute Gasteiger partial charge is 0.236 e. The van der Waals surface area contributed by atoms with Crippen molar-refractivity contribution in [1.82, 2.24) is 4.90 Å². The first-order valence-corrected chi connectivity index (χ1v) is 8.33. The molecule has 20 heavy (non-hydrogen) atoms. The lowest BCUT2D eigenvalue weighted by Gasteiger charge is -2.27. The molecule has 1 saturated heterocycles. The molecule has 2 unspecified atom stereocenters. The Labute approximate surface area is 124 Å². The molecule has 0 saturated carbocycles. The Bertz CT molecular complexity index is 466. The normalized spacial score (nSPS) is 24.9. The average Bonchev–Trinajstić information content (AvgIpc) is 3.10. The van der Waals surface area contributed by atoms with Crippen LogP contribution in [0.15, 0.2) is 29.2 Å². The lowest BCUT2D eigenvalue weighted by atomic mass is 10.1. The Kier molecular flexibility index (Phi) is 4.32. The first-order chi connectivity index (χ1) is 9.79. The van der Waals surface area contributed by atoms with E-state index in [0.717, 1.165) is 38.6 Å². The predicted octanol–water partition coefficient (Wildman–Crippen LogP) is 2.47. The predicted molar refractivity (Wildman–Crippen MR) is 80.8 cm³/mol. The van der Waals surface area contributed by atoms with Gasteiger partial charge >= 0.3 is 0 Å². The zero-order valence-electron chi connectivity index (χ0n) is 11.6. The molecule has 108 valence electrons. The van der Waals surface area contributed by atoms with Crippen LogP contribution in [0.4, 0.5) is 0 Å². The van der Waals surface area contributed by atoms with Crippen molar-refractivity contribution < 1.29 is 9.90 Å². The molecule has 0 radical (unpaired) electrons. The summed E-state index contributed by atoms with van der Waals surface area (Å²) in [5.41, 5.74) is 1.31. The van der Waals surface area contributed by atoms with Crippen molar-refractivity contribution in [2.24, 2.45) is 0 Å². The third-order valence-corrected chi connectivity index (χ3v) is 5.58. The number of amides is 1. The third-order valence-electron chi connectivity index (χ3n) is 4.28. The summed E-state index contributed by atoms with van der Waals surface area (Å²) < 4.78 is 0. The second kappa shape index (κ2) is 6.19. The number of likely N-dealkylation sites (tertiary alicyclic amines) is 1. The summed E-state index contributed by atoms with van der Waals surface area (Å²) in [5.74, 6) is 0.298. The van der Waals surface area contributed by atoms with Gasteiger partial charge in [-0.1, -0.05) is 18.2 Å². The van der Waals surface area contributed by atoms with Crippen LogP contribution >= 0.6 is 11.8 Å². The summed E-state index contributed by atoms with van der Waals surface area (Å²) in [7, 11) is 0. The van der Waals surface area contributed by atoms with Crippen molar-refractivity contribution in [3.8, 4) is 0 Å². The highest BCUT2D eigenvalue weighted by atomic mass is 32.2. The van der Waals surface area contributed by atoms with E-state index in [1.807, 2.05) is 12.1 Å². The summed E-state index contributed by atoms with van der Waals surface area (Å²) >= 11 is 1.72. The van der Waals surface area contributed by atoms with Crippen molar-refractivity contribution in [3.05, 3.63) is 29.8 Å². The minimum Gasteiger partial charge on any atom is -0.396 e. The first-order valence-electron chi connectivity index (χ1n) is 7.45. The number of thioether (sulfide) groups is 1.